The lowest BCUT2D eigenvalue weighted by molar-refractivity contribution is -0.628. The first-order valence-electron chi connectivity index (χ1n) is 11.2. The molecule has 0 spiro atoms. The predicted octanol–water partition coefficient (Wildman–Crippen LogP) is 7.39. The smallest absolute Gasteiger partial charge is 0.169 e. The average Bonchev–Trinajstić information content (AvgIpc) is 3.07. The van der Waals surface area contributed by atoms with Crippen LogP contribution in [0.15, 0.2) is 48.8 Å². The zero-order valence-corrected chi connectivity index (χ0v) is 19.7. The molecule has 0 saturated heterocycles. The van der Waals surface area contributed by atoms with Gasteiger partial charge in [-0.1, -0.05) is 91.8 Å². The molecule has 30 heavy (non-hydrogen) atoms. The molecule has 0 saturated carbocycles. The van der Waals surface area contributed by atoms with Gasteiger partial charge in [0.2, 0.25) is 0 Å². The van der Waals surface area contributed by atoms with Gasteiger partial charge >= 0.3 is 6.08 Å². The first-order chi connectivity index (χ1) is 14.1. The van der Waals surface area contributed by atoms with Crippen molar-refractivity contribution >= 4 is 0 Å². The van der Waals surface area contributed by atoms with Gasteiger partial charge in [0.1, 0.15) is 23.8 Å². The van der Waals surface area contributed by atoms with Crippen LogP contribution in [0.2, 0.25) is 0 Å². The molecule has 2 nitrogen and oxygen atoms in total. The number of halogens is 1. The maximum Gasteiger partial charge on any atom is 0.456 e. The zero-order chi connectivity index (χ0) is 22.2. The van der Waals surface area contributed by atoms with Gasteiger partial charge in [-0.2, -0.15) is 9.13 Å². The Bertz CT molecular complexity index is 892. The molecule has 0 atom stereocenters. The molecular formula is C27H36FN2+. The summed E-state index contributed by atoms with van der Waals surface area (Å²) in [6, 6.07) is 12.7. The number of aromatic nitrogens is 2. The Balaban J connectivity index is 2.32. The Labute approximate surface area is 181 Å². The second kappa shape index (κ2) is 8.75. The summed E-state index contributed by atoms with van der Waals surface area (Å²) in [5, 5.41) is 0. The summed E-state index contributed by atoms with van der Waals surface area (Å²) in [4.78, 5) is 0. The average molecular weight is 408 g/mol. The van der Waals surface area contributed by atoms with E-state index in [9.17, 15) is 0 Å². The molecule has 0 fully saturated rings. The molecule has 0 radical (unpaired) electrons. The molecule has 0 aliphatic heterocycles. The number of para-hydroxylation sites is 2. The van der Waals surface area contributed by atoms with Crippen LogP contribution in [0.1, 0.15) is 101 Å². The summed E-state index contributed by atoms with van der Waals surface area (Å²) in [5.74, 6) is 1.23. The van der Waals surface area contributed by atoms with Crippen LogP contribution in [0.5, 0.6) is 0 Å². The van der Waals surface area contributed by atoms with E-state index in [0.717, 1.165) is 11.4 Å². The molecular weight excluding hydrogens is 371 g/mol. The van der Waals surface area contributed by atoms with Gasteiger partial charge < -0.3 is 0 Å². The van der Waals surface area contributed by atoms with E-state index < -0.39 is 0 Å². The highest BCUT2D eigenvalue weighted by Crippen LogP contribution is 2.32. The normalized spacial score (nSPS) is 12.0. The van der Waals surface area contributed by atoms with E-state index in [4.69, 9.17) is 0 Å². The van der Waals surface area contributed by atoms with E-state index in [-0.39, 0.29) is 6.08 Å². The summed E-state index contributed by atoms with van der Waals surface area (Å²) in [5.41, 5.74) is 6.64. The Kier molecular flexibility index (Phi) is 6.50. The molecule has 1 heterocycles. The van der Waals surface area contributed by atoms with E-state index in [1.54, 1.807) is 9.13 Å². The second-order valence-electron chi connectivity index (χ2n) is 9.50. The van der Waals surface area contributed by atoms with Crippen molar-refractivity contribution in [2.45, 2.75) is 79.1 Å². The first kappa shape index (κ1) is 22.3. The Morgan fingerprint density at radius 3 is 1.47 bits per heavy atom. The third kappa shape index (κ3) is 3.95. The minimum Gasteiger partial charge on any atom is -0.169 e. The lowest BCUT2D eigenvalue weighted by Gasteiger charge is -2.18. The van der Waals surface area contributed by atoms with Crippen LogP contribution in [0.25, 0.3) is 11.4 Å². The van der Waals surface area contributed by atoms with E-state index in [1.807, 2.05) is 12.4 Å². The standard InChI is InChI=1S/C27H36FN2/c1-17(2)21-11-9-12-22(18(3)4)25(21)29-15-16-30(27(29)28)26-23(19(5)6)13-10-14-24(26)20(7)8/h9-20H,1-8H3/q+1. The molecule has 0 amide bonds. The quantitative estimate of drug-likeness (QED) is 0.377. The van der Waals surface area contributed by atoms with E-state index in [0.29, 0.717) is 23.7 Å². The Morgan fingerprint density at radius 1 is 0.667 bits per heavy atom. The van der Waals surface area contributed by atoms with Gasteiger partial charge in [-0.05, 0) is 23.7 Å². The largest absolute Gasteiger partial charge is 0.456 e. The minimum absolute atomic E-state index is 0.250. The van der Waals surface area contributed by atoms with Crippen LogP contribution < -0.4 is 4.57 Å². The van der Waals surface area contributed by atoms with Crippen LogP contribution in [-0.4, -0.2) is 4.57 Å². The van der Waals surface area contributed by atoms with Gasteiger partial charge in [-0.25, -0.2) is 0 Å². The molecule has 3 heteroatoms. The van der Waals surface area contributed by atoms with Crippen LogP contribution in [0.4, 0.5) is 4.39 Å². The number of benzene rings is 2. The highest BCUT2D eigenvalue weighted by atomic mass is 19.1. The summed E-state index contributed by atoms with van der Waals surface area (Å²) < 4.78 is 19.6. The van der Waals surface area contributed by atoms with Crippen molar-refractivity contribution in [2.75, 3.05) is 0 Å². The molecule has 0 aliphatic rings. The molecule has 160 valence electrons. The van der Waals surface area contributed by atoms with Crippen molar-refractivity contribution in [2.24, 2.45) is 0 Å². The van der Waals surface area contributed by atoms with E-state index >= 15 is 4.39 Å². The van der Waals surface area contributed by atoms with Crippen molar-refractivity contribution in [3.63, 3.8) is 0 Å². The monoisotopic (exact) mass is 407 g/mol. The van der Waals surface area contributed by atoms with Gasteiger partial charge in [-0.15, -0.1) is 4.39 Å². The van der Waals surface area contributed by atoms with Gasteiger partial charge in [-0.3, -0.25) is 0 Å². The van der Waals surface area contributed by atoms with Crippen molar-refractivity contribution in [3.8, 4) is 11.4 Å². The predicted molar refractivity (Wildman–Crippen MR) is 124 cm³/mol. The highest BCUT2D eigenvalue weighted by Gasteiger charge is 2.29. The third-order valence-electron chi connectivity index (χ3n) is 5.93. The maximum atomic E-state index is 16.1. The molecule has 0 N–H and O–H groups in total. The molecule has 2 aromatic carbocycles. The highest BCUT2D eigenvalue weighted by molar-refractivity contribution is 5.51. The molecule has 0 bridgehead atoms. The number of hydrogen-bond acceptors (Lipinski definition) is 0. The van der Waals surface area contributed by atoms with Gasteiger partial charge in [0.15, 0.2) is 0 Å². The van der Waals surface area contributed by atoms with Gasteiger partial charge in [0, 0.05) is 22.3 Å². The van der Waals surface area contributed by atoms with Crippen molar-refractivity contribution in [1.29, 1.82) is 0 Å². The molecule has 3 rings (SSSR count). The fourth-order valence-electron chi connectivity index (χ4n) is 4.29. The first-order valence-corrected chi connectivity index (χ1v) is 11.2. The number of imidazole rings is 1. The van der Waals surface area contributed by atoms with Crippen LogP contribution in [0, 0.1) is 6.08 Å². The summed E-state index contributed by atoms with van der Waals surface area (Å²) in [7, 11) is 0. The van der Waals surface area contributed by atoms with Crippen LogP contribution >= 0.6 is 0 Å². The Hall–Kier alpha value is -2.42. The molecule has 0 unspecified atom stereocenters. The van der Waals surface area contributed by atoms with E-state index in [1.165, 1.54) is 22.3 Å². The Morgan fingerprint density at radius 2 is 1.07 bits per heavy atom. The number of nitrogens with zero attached hydrogens (tertiary/aromatic N) is 2. The SMILES string of the molecule is CC(C)c1cccc(C(C)C)c1-n1cc[n+](-c2c(C(C)C)cccc2C(C)C)c1F. The fraction of sp³-hybridized carbons (Fsp3) is 0.444. The second-order valence-corrected chi connectivity index (χ2v) is 9.50. The maximum absolute atomic E-state index is 16.1. The topological polar surface area (TPSA) is 8.81 Å². The van der Waals surface area contributed by atoms with Gasteiger partial charge in [0.25, 0.3) is 0 Å². The lowest BCUT2D eigenvalue weighted by Crippen LogP contribution is -2.37. The molecule has 1 aromatic heterocycles. The molecule has 3 aromatic rings. The summed E-state index contributed by atoms with van der Waals surface area (Å²) in [6.45, 7) is 17.4. The third-order valence-corrected chi connectivity index (χ3v) is 5.93. The summed E-state index contributed by atoms with van der Waals surface area (Å²) >= 11 is 0. The number of rotatable bonds is 6. The minimum atomic E-state index is -0.250. The summed E-state index contributed by atoms with van der Waals surface area (Å²) in [6.07, 6.45) is 3.51. The van der Waals surface area contributed by atoms with Crippen molar-refractivity contribution in [3.05, 3.63) is 77.1 Å². The van der Waals surface area contributed by atoms with Crippen molar-refractivity contribution in [1.82, 2.24) is 4.57 Å². The van der Waals surface area contributed by atoms with Gasteiger partial charge in [0.05, 0.1) is 0 Å². The lowest BCUT2D eigenvalue weighted by atomic mass is 9.92. The zero-order valence-electron chi connectivity index (χ0n) is 19.7. The number of hydrogen-bond donors (Lipinski definition) is 0. The van der Waals surface area contributed by atoms with Crippen LogP contribution in [0.3, 0.4) is 0 Å². The molecule has 0 aliphatic carbocycles. The van der Waals surface area contributed by atoms with Crippen molar-refractivity contribution < 1.29 is 8.96 Å². The fourth-order valence-corrected chi connectivity index (χ4v) is 4.29. The van der Waals surface area contributed by atoms with Crippen LogP contribution in [-0.2, 0) is 0 Å². The van der Waals surface area contributed by atoms with E-state index in [2.05, 4.69) is 91.8 Å².